The van der Waals surface area contributed by atoms with Crippen molar-refractivity contribution in [3.8, 4) is 0 Å². The molecule has 0 amide bonds. The number of hydrogen-bond acceptors (Lipinski definition) is 9. The summed E-state index contributed by atoms with van der Waals surface area (Å²) in [5.74, 6) is -0.861. The smallest absolute Gasteiger partial charge is 0.468 e. The molecular weight excluding hydrogens is 494 g/mol. The maximum Gasteiger partial charge on any atom is 0.509 e. The molecule has 1 aromatic rings. The van der Waals surface area contributed by atoms with E-state index in [0.29, 0.717) is 30.1 Å². The van der Waals surface area contributed by atoms with Crippen LogP contribution in [0.4, 0.5) is 4.79 Å². The Bertz CT molecular complexity index is 929. The molecule has 2 rings (SSSR count). The topological polar surface area (TPSA) is 91.4 Å². The van der Waals surface area contributed by atoms with Crippen LogP contribution < -0.4 is 0 Å². The Morgan fingerprint density at radius 1 is 1.23 bits per heavy atom. The number of ether oxygens (including phenoxy) is 4. The molecule has 1 fully saturated rings. The molecule has 35 heavy (non-hydrogen) atoms. The quantitative estimate of drug-likeness (QED) is 0.197. The summed E-state index contributed by atoms with van der Waals surface area (Å²) < 4.78 is 20.7. The predicted octanol–water partition coefficient (Wildman–Crippen LogP) is 5.15. The first-order valence-corrected chi connectivity index (χ1v) is 12.8. The second-order valence-electron chi connectivity index (χ2n) is 9.29. The van der Waals surface area contributed by atoms with Gasteiger partial charge < -0.3 is 18.9 Å². The van der Waals surface area contributed by atoms with Crippen molar-refractivity contribution in [2.45, 2.75) is 64.0 Å². The number of rotatable bonds is 8. The number of carbonyl (C=O) groups excluding carboxylic acids is 3. The van der Waals surface area contributed by atoms with Crippen LogP contribution in [0.3, 0.4) is 0 Å². The molecule has 1 unspecified atom stereocenters. The molecule has 0 N–H and O–H groups in total. The molecule has 1 aliphatic heterocycles. The van der Waals surface area contributed by atoms with E-state index in [0.717, 1.165) is 5.57 Å². The van der Waals surface area contributed by atoms with Gasteiger partial charge in [0.2, 0.25) is 0 Å². The summed E-state index contributed by atoms with van der Waals surface area (Å²) in [4.78, 5) is 39.1. The van der Waals surface area contributed by atoms with Gasteiger partial charge in [-0.1, -0.05) is 29.8 Å². The van der Waals surface area contributed by atoms with Crippen LogP contribution in [-0.2, 0) is 28.5 Å². The van der Waals surface area contributed by atoms with E-state index in [-0.39, 0.29) is 17.3 Å². The van der Waals surface area contributed by atoms with Crippen molar-refractivity contribution in [1.82, 2.24) is 4.90 Å². The summed E-state index contributed by atoms with van der Waals surface area (Å²) in [7, 11) is 1.33. The van der Waals surface area contributed by atoms with Gasteiger partial charge in [-0.2, -0.15) is 0 Å². The van der Waals surface area contributed by atoms with E-state index in [1.54, 1.807) is 52.8 Å². The Labute approximate surface area is 216 Å². The highest BCUT2D eigenvalue weighted by Gasteiger charge is 2.36. The molecule has 1 aromatic carbocycles. The van der Waals surface area contributed by atoms with Crippen molar-refractivity contribution >= 4 is 41.5 Å². The highest BCUT2D eigenvalue weighted by molar-refractivity contribution is 7.99. The van der Waals surface area contributed by atoms with Crippen molar-refractivity contribution in [3.63, 3.8) is 0 Å². The Morgan fingerprint density at radius 2 is 1.91 bits per heavy atom. The molecule has 0 spiro atoms. The average Bonchev–Trinajstić information content (AvgIpc) is 2.74. The number of nitrogens with zero attached hydrogens (tertiary/aromatic N) is 1. The van der Waals surface area contributed by atoms with Crippen LogP contribution in [0, 0.1) is 0 Å². The fraction of sp³-hybridized carbons (Fsp3) is 0.560. The molecule has 10 heteroatoms. The van der Waals surface area contributed by atoms with E-state index < -0.39 is 29.7 Å². The van der Waals surface area contributed by atoms with Gasteiger partial charge in [0.15, 0.2) is 0 Å². The van der Waals surface area contributed by atoms with Crippen LogP contribution in [0.2, 0.25) is 5.02 Å². The van der Waals surface area contributed by atoms with Crippen molar-refractivity contribution in [1.29, 1.82) is 0 Å². The van der Waals surface area contributed by atoms with Gasteiger partial charge in [-0.3, -0.25) is 4.90 Å². The number of piperidine rings is 1. The maximum absolute atomic E-state index is 12.8. The third-order valence-corrected chi connectivity index (χ3v) is 6.49. The normalized spacial score (nSPS) is 18.7. The van der Waals surface area contributed by atoms with Gasteiger partial charge in [-0.25, -0.2) is 14.4 Å². The highest BCUT2D eigenvalue weighted by atomic mass is 35.5. The lowest BCUT2D eigenvalue weighted by Gasteiger charge is -2.38. The van der Waals surface area contributed by atoms with Gasteiger partial charge in [-0.05, 0) is 58.2 Å². The summed E-state index contributed by atoms with van der Waals surface area (Å²) in [6, 6.07) is 6.38. The summed E-state index contributed by atoms with van der Waals surface area (Å²) in [5, 5.41) is 0.323. The number of carbonyl (C=O) groups is 3. The third-order valence-electron chi connectivity index (χ3n) is 4.96. The van der Waals surface area contributed by atoms with Crippen LogP contribution in [0.25, 0.3) is 0 Å². The standard InChI is InChI=1S/C25H34ClNO7S/c1-16(2)33-24(30)32-15-35-20-11-12-27(14-17(20)13-21(28)34-25(3,4)5)22(23(29)31-6)18-9-7-8-10-19(18)26/h7-10,13,16,20,22H,11-12,14-15H2,1-6H3/b17-13+/t20?,22-/m0/s1. The van der Waals surface area contributed by atoms with Crippen molar-refractivity contribution in [3.05, 3.63) is 46.5 Å². The third kappa shape index (κ3) is 9.39. The van der Waals surface area contributed by atoms with E-state index in [4.69, 9.17) is 30.5 Å². The van der Waals surface area contributed by atoms with Gasteiger partial charge in [0.25, 0.3) is 0 Å². The van der Waals surface area contributed by atoms with Gasteiger partial charge >= 0.3 is 18.1 Å². The Kier molecular flexibility index (Phi) is 10.9. The number of esters is 2. The van der Waals surface area contributed by atoms with Crippen LogP contribution in [-0.4, -0.2) is 66.1 Å². The molecule has 0 aliphatic carbocycles. The minimum Gasteiger partial charge on any atom is -0.468 e. The largest absolute Gasteiger partial charge is 0.509 e. The molecule has 0 radical (unpaired) electrons. The molecule has 1 aliphatic rings. The zero-order chi connectivity index (χ0) is 26.2. The van der Waals surface area contributed by atoms with Crippen LogP contribution in [0.15, 0.2) is 35.9 Å². The number of thioether (sulfide) groups is 1. The average molecular weight is 528 g/mol. The first-order valence-electron chi connectivity index (χ1n) is 11.4. The molecule has 2 atom stereocenters. The molecular formula is C25H34ClNO7S. The van der Waals surface area contributed by atoms with Gasteiger partial charge in [-0.15, -0.1) is 11.8 Å². The lowest BCUT2D eigenvalue weighted by Crippen LogP contribution is -2.43. The lowest BCUT2D eigenvalue weighted by atomic mass is 9.98. The van der Waals surface area contributed by atoms with E-state index in [1.165, 1.54) is 24.9 Å². The van der Waals surface area contributed by atoms with Gasteiger partial charge in [0.05, 0.1) is 13.2 Å². The molecule has 0 saturated carbocycles. The highest BCUT2D eigenvalue weighted by Crippen LogP contribution is 2.35. The molecule has 1 saturated heterocycles. The first-order chi connectivity index (χ1) is 16.4. The minimum atomic E-state index is -0.743. The van der Waals surface area contributed by atoms with Crippen molar-refractivity contribution < 1.29 is 33.3 Å². The number of benzene rings is 1. The maximum atomic E-state index is 12.8. The Morgan fingerprint density at radius 3 is 2.51 bits per heavy atom. The number of methoxy groups -OCH3 is 1. The van der Waals surface area contributed by atoms with Gasteiger partial charge in [0.1, 0.15) is 17.6 Å². The Balaban J connectivity index is 2.26. The fourth-order valence-electron chi connectivity index (χ4n) is 3.59. The molecule has 1 heterocycles. The SMILES string of the molecule is COC(=O)[C@H](c1ccccc1Cl)N1CCC(SCOC(=O)OC(C)C)/C(=C/C(=O)OC(C)(C)C)C1. The van der Waals surface area contributed by atoms with Crippen LogP contribution >= 0.6 is 23.4 Å². The van der Waals surface area contributed by atoms with E-state index in [1.807, 2.05) is 11.0 Å². The predicted molar refractivity (Wildman–Crippen MR) is 135 cm³/mol. The summed E-state index contributed by atoms with van der Waals surface area (Å²) in [5.41, 5.74) is 0.724. The number of halogens is 1. The molecule has 8 nitrogen and oxygen atoms in total. The second kappa shape index (κ2) is 13.2. The van der Waals surface area contributed by atoms with Crippen molar-refractivity contribution in [2.24, 2.45) is 0 Å². The number of likely N-dealkylation sites (tertiary alicyclic amines) is 1. The van der Waals surface area contributed by atoms with Crippen LogP contribution in [0.1, 0.15) is 52.6 Å². The monoisotopic (exact) mass is 527 g/mol. The summed E-state index contributed by atoms with van der Waals surface area (Å²) in [6.45, 7) is 9.69. The van der Waals surface area contributed by atoms with Crippen LogP contribution in [0.5, 0.6) is 0 Å². The minimum absolute atomic E-state index is 0.0623. The summed E-state index contributed by atoms with van der Waals surface area (Å²) >= 11 is 7.79. The molecule has 0 aromatic heterocycles. The van der Waals surface area contributed by atoms with E-state index in [9.17, 15) is 14.4 Å². The Hall–Kier alpha value is -2.23. The lowest BCUT2D eigenvalue weighted by molar-refractivity contribution is -0.148. The second-order valence-corrected chi connectivity index (χ2v) is 10.8. The zero-order valence-electron chi connectivity index (χ0n) is 21.0. The van der Waals surface area contributed by atoms with Crippen molar-refractivity contribution in [2.75, 3.05) is 26.1 Å². The molecule has 0 bridgehead atoms. The summed E-state index contributed by atoms with van der Waals surface area (Å²) in [6.07, 6.45) is 1.04. The van der Waals surface area contributed by atoms with Gasteiger partial charge in [0, 0.05) is 29.4 Å². The van der Waals surface area contributed by atoms with E-state index in [2.05, 4.69) is 0 Å². The number of hydrogen-bond donors (Lipinski definition) is 0. The fourth-order valence-corrected chi connectivity index (χ4v) is 4.78. The first kappa shape index (κ1) is 29.0. The van der Waals surface area contributed by atoms with E-state index >= 15 is 0 Å². The molecule has 194 valence electrons. The zero-order valence-corrected chi connectivity index (χ0v) is 22.6.